The van der Waals surface area contributed by atoms with Crippen LogP contribution in [-0.4, -0.2) is 0 Å². The standard InChI is InChI=1S/C12H7Cl2F2N/c13-6-1-2-7(12(17)3-6)8-4-10(15)11(16)5-9(8)14/h1-5H,17H2. The van der Waals surface area contributed by atoms with Crippen LogP contribution in [-0.2, 0) is 0 Å². The second-order valence-corrected chi connectivity index (χ2v) is 4.32. The third kappa shape index (κ3) is 2.35. The lowest BCUT2D eigenvalue weighted by Crippen LogP contribution is -1.93. The Balaban J connectivity index is 2.64. The summed E-state index contributed by atoms with van der Waals surface area (Å²) >= 11 is 11.6. The number of halogens is 4. The fourth-order valence-electron chi connectivity index (χ4n) is 1.51. The molecule has 17 heavy (non-hydrogen) atoms. The first kappa shape index (κ1) is 12.1. The van der Waals surface area contributed by atoms with E-state index >= 15 is 0 Å². The third-order valence-electron chi connectivity index (χ3n) is 2.31. The minimum atomic E-state index is -0.994. The Bertz CT molecular complexity index is 585. The Morgan fingerprint density at radius 1 is 0.882 bits per heavy atom. The molecule has 0 aromatic heterocycles. The van der Waals surface area contributed by atoms with E-state index in [1.54, 1.807) is 12.1 Å². The summed E-state index contributed by atoms with van der Waals surface area (Å²) in [4.78, 5) is 0. The lowest BCUT2D eigenvalue weighted by molar-refractivity contribution is 0.509. The topological polar surface area (TPSA) is 26.0 Å². The van der Waals surface area contributed by atoms with E-state index in [1.807, 2.05) is 0 Å². The lowest BCUT2D eigenvalue weighted by Gasteiger charge is -2.09. The molecule has 0 spiro atoms. The van der Waals surface area contributed by atoms with Gasteiger partial charge >= 0.3 is 0 Å². The first-order valence-corrected chi connectivity index (χ1v) is 5.44. The molecule has 0 saturated heterocycles. The van der Waals surface area contributed by atoms with E-state index in [0.717, 1.165) is 12.1 Å². The van der Waals surface area contributed by atoms with Crippen LogP contribution in [0.4, 0.5) is 14.5 Å². The molecule has 0 aliphatic rings. The zero-order valence-electron chi connectivity index (χ0n) is 8.48. The van der Waals surface area contributed by atoms with Gasteiger partial charge in [-0.3, -0.25) is 0 Å². The van der Waals surface area contributed by atoms with Crippen LogP contribution in [0.15, 0.2) is 30.3 Å². The highest BCUT2D eigenvalue weighted by molar-refractivity contribution is 6.33. The van der Waals surface area contributed by atoms with Gasteiger partial charge in [0.05, 0.1) is 5.02 Å². The van der Waals surface area contributed by atoms with Crippen LogP contribution in [0.5, 0.6) is 0 Å². The molecular weight excluding hydrogens is 267 g/mol. The van der Waals surface area contributed by atoms with E-state index in [4.69, 9.17) is 28.9 Å². The van der Waals surface area contributed by atoms with Crippen molar-refractivity contribution in [1.82, 2.24) is 0 Å². The predicted molar refractivity (Wildman–Crippen MR) is 66.2 cm³/mol. The zero-order chi connectivity index (χ0) is 12.6. The van der Waals surface area contributed by atoms with Gasteiger partial charge in [0.25, 0.3) is 0 Å². The molecular formula is C12H7Cl2F2N. The first-order chi connectivity index (χ1) is 7.99. The third-order valence-corrected chi connectivity index (χ3v) is 2.86. The largest absolute Gasteiger partial charge is 0.398 e. The summed E-state index contributed by atoms with van der Waals surface area (Å²) < 4.78 is 26.1. The summed E-state index contributed by atoms with van der Waals surface area (Å²) in [6.07, 6.45) is 0. The number of nitrogens with two attached hydrogens (primary N) is 1. The molecule has 0 atom stereocenters. The molecule has 5 heteroatoms. The van der Waals surface area contributed by atoms with Crippen molar-refractivity contribution in [1.29, 1.82) is 0 Å². The van der Waals surface area contributed by atoms with Gasteiger partial charge in [-0.15, -0.1) is 0 Å². The molecule has 2 aromatic carbocycles. The van der Waals surface area contributed by atoms with Crippen LogP contribution in [0.1, 0.15) is 0 Å². The molecule has 2 aromatic rings. The molecule has 2 N–H and O–H groups in total. The number of nitrogen functional groups attached to an aromatic ring is 1. The van der Waals surface area contributed by atoms with Gasteiger partial charge in [-0.2, -0.15) is 0 Å². The highest BCUT2D eigenvalue weighted by Gasteiger charge is 2.12. The van der Waals surface area contributed by atoms with Gasteiger partial charge in [0.1, 0.15) is 0 Å². The number of hydrogen-bond donors (Lipinski definition) is 1. The van der Waals surface area contributed by atoms with Crippen molar-refractivity contribution in [2.24, 2.45) is 0 Å². The van der Waals surface area contributed by atoms with Crippen LogP contribution in [0.2, 0.25) is 10.0 Å². The molecule has 0 aliphatic carbocycles. The normalized spacial score (nSPS) is 10.6. The van der Waals surface area contributed by atoms with Crippen molar-refractivity contribution in [3.63, 3.8) is 0 Å². The average molecular weight is 274 g/mol. The first-order valence-electron chi connectivity index (χ1n) is 4.69. The van der Waals surface area contributed by atoms with Gasteiger partial charge < -0.3 is 5.73 Å². The Labute approximate surface area is 107 Å². The van der Waals surface area contributed by atoms with Crippen molar-refractivity contribution in [2.45, 2.75) is 0 Å². The molecule has 0 fully saturated rings. The fraction of sp³-hybridized carbons (Fsp3) is 0. The lowest BCUT2D eigenvalue weighted by atomic mass is 10.0. The smallest absolute Gasteiger partial charge is 0.160 e. The van der Waals surface area contributed by atoms with Gasteiger partial charge in [0.15, 0.2) is 11.6 Å². The number of hydrogen-bond acceptors (Lipinski definition) is 1. The van der Waals surface area contributed by atoms with Gasteiger partial charge in [-0.1, -0.05) is 29.3 Å². The maximum atomic E-state index is 13.2. The second-order valence-electron chi connectivity index (χ2n) is 3.48. The predicted octanol–water partition coefficient (Wildman–Crippen LogP) is 4.52. The Hall–Kier alpha value is -1.32. The van der Waals surface area contributed by atoms with Crippen molar-refractivity contribution in [2.75, 3.05) is 5.73 Å². The van der Waals surface area contributed by atoms with Gasteiger partial charge in [-0.05, 0) is 24.3 Å². The van der Waals surface area contributed by atoms with Crippen LogP contribution >= 0.6 is 23.2 Å². The minimum absolute atomic E-state index is 0.0953. The number of rotatable bonds is 1. The van der Waals surface area contributed by atoms with Crippen LogP contribution in [0.25, 0.3) is 11.1 Å². The number of benzene rings is 2. The van der Waals surface area contributed by atoms with Crippen molar-refractivity contribution in [3.8, 4) is 11.1 Å². The molecule has 2 rings (SSSR count). The average Bonchev–Trinajstić information content (AvgIpc) is 2.24. The highest BCUT2D eigenvalue weighted by atomic mass is 35.5. The van der Waals surface area contributed by atoms with Gasteiger partial charge in [-0.25, -0.2) is 8.78 Å². The SMILES string of the molecule is Nc1cc(Cl)ccc1-c1cc(F)c(F)cc1Cl. The maximum absolute atomic E-state index is 13.2. The maximum Gasteiger partial charge on any atom is 0.160 e. The van der Waals surface area contributed by atoms with Gasteiger partial charge in [0, 0.05) is 21.8 Å². The minimum Gasteiger partial charge on any atom is -0.398 e. The molecule has 1 nitrogen and oxygen atoms in total. The van der Waals surface area contributed by atoms with Crippen molar-refractivity contribution >= 4 is 28.9 Å². The Kier molecular flexibility index (Phi) is 3.22. The number of anilines is 1. The highest BCUT2D eigenvalue weighted by Crippen LogP contribution is 2.34. The fourth-order valence-corrected chi connectivity index (χ4v) is 1.94. The van der Waals surface area contributed by atoms with Crippen LogP contribution in [0, 0.1) is 11.6 Å². The Morgan fingerprint density at radius 3 is 2.18 bits per heavy atom. The van der Waals surface area contributed by atoms with E-state index in [0.29, 0.717) is 21.8 Å². The van der Waals surface area contributed by atoms with Crippen LogP contribution < -0.4 is 5.73 Å². The van der Waals surface area contributed by atoms with Crippen LogP contribution in [0.3, 0.4) is 0 Å². The molecule has 0 heterocycles. The summed E-state index contributed by atoms with van der Waals surface area (Å²) in [7, 11) is 0. The molecule has 0 amide bonds. The van der Waals surface area contributed by atoms with E-state index in [2.05, 4.69) is 0 Å². The van der Waals surface area contributed by atoms with E-state index in [1.165, 1.54) is 6.07 Å². The quantitative estimate of drug-likeness (QED) is 0.600. The molecule has 88 valence electrons. The molecule has 0 saturated carbocycles. The zero-order valence-corrected chi connectivity index (χ0v) is 9.99. The van der Waals surface area contributed by atoms with Crippen molar-refractivity contribution in [3.05, 3.63) is 52.0 Å². The molecule has 0 aliphatic heterocycles. The summed E-state index contributed by atoms with van der Waals surface area (Å²) in [5, 5.41) is 0.558. The summed E-state index contributed by atoms with van der Waals surface area (Å²) in [6, 6.07) is 6.66. The van der Waals surface area contributed by atoms with E-state index < -0.39 is 11.6 Å². The van der Waals surface area contributed by atoms with E-state index in [9.17, 15) is 8.78 Å². The molecule has 0 bridgehead atoms. The summed E-state index contributed by atoms with van der Waals surface area (Å²) in [5.41, 5.74) is 6.95. The summed E-state index contributed by atoms with van der Waals surface area (Å²) in [6.45, 7) is 0. The molecule has 0 unspecified atom stereocenters. The second kappa shape index (κ2) is 4.51. The monoisotopic (exact) mass is 273 g/mol. The Morgan fingerprint density at radius 2 is 1.53 bits per heavy atom. The van der Waals surface area contributed by atoms with E-state index in [-0.39, 0.29) is 5.02 Å². The van der Waals surface area contributed by atoms with Gasteiger partial charge in [0.2, 0.25) is 0 Å². The van der Waals surface area contributed by atoms with Crippen molar-refractivity contribution < 1.29 is 8.78 Å². The molecule has 0 radical (unpaired) electrons. The summed E-state index contributed by atoms with van der Waals surface area (Å²) in [5.74, 6) is -1.97.